The lowest BCUT2D eigenvalue weighted by atomic mass is 10.0. The van der Waals surface area contributed by atoms with Gasteiger partial charge in [0.25, 0.3) is 0 Å². The van der Waals surface area contributed by atoms with E-state index in [9.17, 15) is 18.0 Å². The Morgan fingerprint density at radius 1 is 1.47 bits per heavy atom. The van der Waals surface area contributed by atoms with Crippen molar-refractivity contribution in [2.75, 3.05) is 0 Å². The van der Waals surface area contributed by atoms with Crippen LogP contribution in [-0.2, 0) is 17.4 Å². The smallest absolute Gasteiger partial charge is 0.416 e. The molecule has 0 fully saturated rings. The van der Waals surface area contributed by atoms with Crippen molar-refractivity contribution in [1.29, 1.82) is 0 Å². The van der Waals surface area contributed by atoms with Gasteiger partial charge in [-0.05, 0) is 24.1 Å². The lowest BCUT2D eigenvalue weighted by Crippen LogP contribution is -2.33. The summed E-state index contributed by atoms with van der Waals surface area (Å²) in [7, 11) is 0. The molecule has 0 amide bonds. The Bertz CT molecular complexity index is 434. The number of carboxylic acid groups (broad SMARTS) is 1. The second-order valence-corrected chi connectivity index (χ2v) is 3.88. The molecule has 0 aliphatic carbocycles. The van der Waals surface area contributed by atoms with Crippen LogP contribution in [0, 0.1) is 0 Å². The summed E-state index contributed by atoms with van der Waals surface area (Å²) in [5.74, 6) is -1.35. The molecule has 1 aromatic carbocycles. The van der Waals surface area contributed by atoms with Gasteiger partial charge in [-0.3, -0.25) is 4.79 Å². The van der Waals surface area contributed by atoms with Gasteiger partial charge in [-0.1, -0.05) is 17.7 Å². The quantitative estimate of drug-likeness (QED) is 0.883. The minimum atomic E-state index is -4.58. The molecule has 94 valence electrons. The molecule has 17 heavy (non-hydrogen) atoms. The molecule has 0 aliphatic rings. The number of hydrogen-bond donors (Lipinski definition) is 2. The van der Waals surface area contributed by atoms with Crippen molar-refractivity contribution in [3.05, 3.63) is 34.3 Å². The highest BCUT2D eigenvalue weighted by Crippen LogP contribution is 2.34. The first-order valence-electron chi connectivity index (χ1n) is 4.56. The van der Waals surface area contributed by atoms with E-state index in [1.807, 2.05) is 0 Å². The monoisotopic (exact) mass is 267 g/mol. The first kappa shape index (κ1) is 13.8. The van der Waals surface area contributed by atoms with Crippen LogP contribution in [0.3, 0.4) is 0 Å². The van der Waals surface area contributed by atoms with E-state index in [4.69, 9.17) is 22.4 Å². The summed E-state index contributed by atoms with van der Waals surface area (Å²) in [6, 6.07) is 1.78. The minimum absolute atomic E-state index is 0.0648. The Kier molecular flexibility index (Phi) is 4.00. The number of hydrogen-bond acceptors (Lipinski definition) is 2. The van der Waals surface area contributed by atoms with Gasteiger partial charge in [0, 0.05) is 5.02 Å². The van der Waals surface area contributed by atoms with Crippen LogP contribution in [0.15, 0.2) is 18.2 Å². The van der Waals surface area contributed by atoms with Crippen LogP contribution in [0.4, 0.5) is 13.2 Å². The molecule has 0 saturated carbocycles. The largest absolute Gasteiger partial charge is 0.480 e. The number of aliphatic carboxylic acids is 1. The average molecular weight is 268 g/mol. The van der Waals surface area contributed by atoms with Gasteiger partial charge in [0.2, 0.25) is 0 Å². The summed E-state index contributed by atoms with van der Waals surface area (Å²) in [5, 5.41) is 8.49. The van der Waals surface area contributed by atoms with E-state index in [1.165, 1.54) is 6.07 Å². The van der Waals surface area contributed by atoms with E-state index >= 15 is 0 Å². The van der Waals surface area contributed by atoms with Gasteiger partial charge >= 0.3 is 12.1 Å². The van der Waals surface area contributed by atoms with Gasteiger partial charge in [0.1, 0.15) is 6.04 Å². The molecule has 3 nitrogen and oxygen atoms in total. The first-order valence-corrected chi connectivity index (χ1v) is 4.93. The minimum Gasteiger partial charge on any atom is -0.480 e. The molecule has 0 radical (unpaired) electrons. The molecule has 7 heteroatoms. The molecule has 1 aromatic rings. The maximum atomic E-state index is 12.6. The molecule has 0 unspecified atom stereocenters. The van der Waals surface area contributed by atoms with Crippen molar-refractivity contribution in [1.82, 2.24) is 0 Å². The third-order valence-corrected chi connectivity index (χ3v) is 2.37. The molecule has 0 aliphatic heterocycles. The number of benzene rings is 1. The fraction of sp³-hybridized carbons (Fsp3) is 0.300. The van der Waals surface area contributed by atoms with Crippen LogP contribution < -0.4 is 5.73 Å². The molecule has 0 spiro atoms. The van der Waals surface area contributed by atoms with Crippen molar-refractivity contribution in [2.24, 2.45) is 5.73 Å². The van der Waals surface area contributed by atoms with Crippen molar-refractivity contribution < 1.29 is 23.1 Å². The highest BCUT2D eigenvalue weighted by molar-refractivity contribution is 6.30. The zero-order valence-corrected chi connectivity index (χ0v) is 9.22. The second kappa shape index (κ2) is 4.93. The Morgan fingerprint density at radius 3 is 2.53 bits per heavy atom. The molecule has 0 saturated heterocycles. The zero-order valence-electron chi connectivity index (χ0n) is 8.46. The number of rotatable bonds is 3. The Hall–Kier alpha value is -1.27. The van der Waals surface area contributed by atoms with Gasteiger partial charge in [0.15, 0.2) is 0 Å². The summed E-state index contributed by atoms with van der Waals surface area (Å²) in [6.07, 6.45) is -4.99. The van der Waals surface area contributed by atoms with Gasteiger partial charge in [-0.2, -0.15) is 13.2 Å². The number of alkyl halides is 3. The highest BCUT2D eigenvalue weighted by atomic mass is 35.5. The zero-order chi connectivity index (χ0) is 13.2. The average Bonchev–Trinajstić information content (AvgIpc) is 2.18. The predicted molar refractivity (Wildman–Crippen MR) is 55.8 cm³/mol. The van der Waals surface area contributed by atoms with Gasteiger partial charge < -0.3 is 10.8 Å². The second-order valence-electron chi connectivity index (χ2n) is 3.45. The highest BCUT2D eigenvalue weighted by Gasteiger charge is 2.34. The summed E-state index contributed by atoms with van der Waals surface area (Å²) in [4.78, 5) is 10.5. The van der Waals surface area contributed by atoms with Crippen molar-refractivity contribution in [3.63, 3.8) is 0 Å². The number of halogens is 4. The third kappa shape index (κ3) is 3.61. The number of carbonyl (C=O) groups is 1. The van der Waals surface area contributed by atoms with Gasteiger partial charge in [-0.15, -0.1) is 0 Å². The fourth-order valence-corrected chi connectivity index (χ4v) is 1.49. The number of carboxylic acids is 1. The van der Waals surface area contributed by atoms with Crippen LogP contribution >= 0.6 is 11.6 Å². The van der Waals surface area contributed by atoms with E-state index in [1.54, 1.807) is 0 Å². The van der Waals surface area contributed by atoms with Crippen LogP contribution in [0.25, 0.3) is 0 Å². The van der Waals surface area contributed by atoms with Gasteiger partial charge in [0.05, 0.1) is 5.56 Å². The third-order valence-electron chi connectivity index (χ3n) is 2.13. The summed E-state index contributed by atoms with van der Waals surface area (Å²) < 4.78 is 37.9. The van der Waals surface area contributed by atoms with Crippen molar-refractivity contribution in [2.45, 2.75) is 18.6 Å². The first-order chi connectivity index (χ1) is 7.71. The lowest BCUT2D eigenvalue weighted by Gasteiger charge is -2.14. The SMILES string of the molecule is N[C@@H](Cc1ccc(Cl)cc1C(F)(F)F)C(=O)O. The van der Waals surface area contributed by atoms with Crippen LogP contribution in [0.1, 0.15) is 11.1 Å². The number of nitrogens with two attached hydrogens (primary N) is 1. The van der Waals surface area contributed by atoms with Crippen LogP contribution in [-0.4, -0.2) is 17.1 Å². The van der Waals surface area contributed by atoms with E-state index in [0.29, 0.717) is 0 Å². The Balaban J connectivity index is 3.11. The molecule has 1 atom stereocenters. The van der Waals surface area contributed by atoms with E-state index in [2.05, 4.69) is 0 Å². The van der Waals surface area contributed by atoms with Crippen molar-refractivity contribution in [3.8, 4) is 0 Å². The standard InChI is InChI=1S/C10H9ClF3NO2/c11-6-2-1-5(3-8(15)9(16)17)7(4-6)10(12,13)14/h1-2,4,8H,3,15H2,(H,16,17)/t8-/m0/s1. The molecule has 0 aromatic heterocycles. The molecule has 0 heterocycles. The summed E-state index contributed by atoms with van der Waals surface area (Å²) in [5.41, 5.74) is 4.06. The molecule has 1 rings (SSSR count). The maximum absolute atomic E-state index is 12.6. The molecule has 0 bridgehead atoms. The van der Waals surface area contributed by atoms with E-state index < -0.39 is 30.2 Å². The topological polar surface area (TPSA) is 63.3 Å². The maximum Gasteiger partial charge on any atom is 0.416 e. The molecule has 3 N–H and O–H groups in total. The molecular weight excluding hydrogens is 259 g/mol. The van der Waals surface area contributed by atoms with Crippen molar-refractivity contribution >= 4 is 17.6 Å². The summed E-state index contributed by atoms with van der Waals surface area (Å²) in [6.45, 7) is 0. The Morgan fingerprint density at radius 2 is 2.06 bits per heavy atom. The van der Waals surface area contributed by atoms with E-state index in [-0.39, 0.29) is 10.6 Å². The van der Waals surface area contributed by atoms with Gasteiger partial charge in [-0.25, -0.2) is 0 Å². The molecular formula is C10H9ClF3NO2. The van der Waals surface area contributed by atoms with E-state index in [0.717, 1.165) is 12.1 Å². The van der Waals surface area contributed by atoms with Crippen LogP contribution in [0.5, 0.6) is 0 Å². The predicted octanol–water partition coefficient (Wildman–Crippen LogP) is 2.31. The normalized spacial score (nSPS) is 13.5. The fourth-order valence-electron chi connectivity index (χ4n) is 1.31. The van der Waals surface area contributed by atoms with Crippen LogP contribution in [0.2, 0.25) is 5.02 Å². The Labute approximate surface area is 100.0 Å². The summed E-state index contributed by atoms with van der Waals surface area (Å²) >= 11 is 5.47. The lowest BCUT2D eigenvalue weighted by molar-refractivity contribution is -0.140.